The Morgan fingerprint density at radius 3 is 2.50 bits per heavy atom. The minimum atomic E-state index is -1.01. The van der Waals surface area contributed by atoms with E-state index in [1.165, 1.54) is 19.1 Å². The van der Waals surface area contributed by atoms with Crippen molar-refractivity contribution in [3.05, 3.63) is 34.6 Å². The number of carboxylic acids is 1. The molecule has 0 aliphatic carbocycles. The van der Waals surface area contributed by atoms with Crippen molar-refractivity contribution in [2.45, 2.75) is 19.9 Å². The minimum Gasteiger partial charge on any atom is -0.481 e. The summed E-state index contributed by atoms with van der Waals surface area (Å²) in [6.07, 6.45) is 0. The van der Waals surface area contributed by atoms with Gasteiger partial charge >= 0.3 is 5.97 Å². The summed E-state index contributed by atoms with van der Waals surface area (Å²) < 4.78 is 13.2. The average Bonchev–Trinajstić information content (AvgIpc) is 2.31. The first-order chi connectivity index (χ1) is 8.32. The molecule has 2 N–H and O–H groups in total. The van der Waals surface area contributed by atoms with Crippen LogP contribution in [0.1, 0.15) is 24.2 Å². The van der Waals surface area contributed by atoms with Crippen molar-refractivity contribution in [2.75, 3.05) is 0 Å². The van der Waals surface area contributed by atoms with Gasteiger partial charge in [-0.2, -0.15) is 0 Å². The molecule has 0 radical (unpaired) electrons. The fourth-order valence-corrected chi connectivity index (χ4v) is 1.38. The van der Waals surface area contributed by atoms with Crippen LogP contribution in [0.5, 0.6) is 0 Å². The number of benzene rings is 1. The fourth-order valence-electron chi connectivity index (χ4n) is 1.27. The van der Waals surface area contributed by atoms with Crippen LogP contribution in [0.25, 0.3) is 0 Å². The maximum atomic E-state index is 13.2. The number of aliphatic carboxylic acids is 1. The topological polar surface area (TPSA) is 66.4 Å². The molecule has 0 spiro atoms. The molecule has 0 saturated carbocycles. The van der Waals surface area contributed by atoms with E-state index in [4.69, 9.17) is 16.7 Å². The van der Waals surface area contributed by atoms with Crippen molar-refractivity contribution in [3.8, 4) is 0 Å². The van der Waals surface area contributed by atoms with Crippen LogP contribution in [-0.2, 0) is 4.79 Å². The Morgan fingerprint density at radius 2 is 2.00 bits per heavy atom. The largest absolute Gasteiger partial charge is 0.481 e. The molecule has 18 heavy (non-hydrogen) atoms. The van der Waals surface area contributed by atoms with Gasteiger partial charge in [0.1, 0.15) is 5.82 Å². The molecule has 1 amide bonds. The summed E-state index contributed by atoms with van der Waals surface area (Å²) in [5, 5.41) is 11.2. The van der Waals surface area contributed by atoms with Gasteiger partial charge in [0.2, 0.25) is 0 Å². The quantitative estimate of drug-likeness (QED) is 0.885. The standard InChI is InChI=1S/C12H13ClFNO3/c1-6(12(17)18)7(2)15-11(16)8-3-4-9(13)10(14)5-8/h3-7H,1-2H3,(H,15,16)(H,17,18). The van der Waals surface area contributed by atoms with Gasteiger partial charge in [-0.05, 0) is 32.0 Å². The van der Waals surface area contributed by atoms with Gasteiger partial charge in [-0.15, -0.1) is 0 Å². The Labute approximate surface area is 109 Å². The molecule has 0 bridgehead atoms. The van der Waals surface area contributed by atoms with Crippen molar-refractivity contribution in [2.24, 2.45) is 5.92 Å². The summed E-state index contributed by atoms with van der Waals surface area (Å²) in [4.78, 5) is 22.5. The lowest BCUT2D eigenvalue weighted by Gasteiger charge is -2.17. The van der Waals surface area contributed by atoms with E-state index in [2.05, 4.69) is 5.32 Å². The minimum absolute atomic E-state index is 0.0708. The van der Waals surface area contributed by atoms with Gasteiger partial charge in [0.05, 0.1) is 10.9 Å². The number of amides is 1. The second-order valence-electron chi connectivity index (χ2n) is 4.02. The van der Waals surface area contributed by atoms with Crippen LogP contribution in [0, 0.1) is 11.7 Å². The second kappa shape index (κ2) is 5.82. The van der Waals surface area contributed by atoms with Crippen LogP contribution >= 0.6 is 11.6 Å². The maximum absolute atomic E-state index is 13.2. The van der Waals surface area contributed by atoms with Gasteiger partial charge < -0.3 is 10.4 Å². The number of carbonyl (C=O) groups is 2. The molecule has 0 aromatic heterocycles. The lowest BCUT2D eigenvalue weighted by molar-refractivity contribution is -0.141. The number of hydrogen-bond donors (Lipinski definition) is 2. The number of rotatable bonds is 4. The van der Waals surface area contributed by atoms with Crippen molar-refractivity contribution in [3.63, 3.8) is 0 Å². The molecule has 98 valence electrons. The summed E-state index contributed by atoms with van der Waals surface area (Å²) in [7, 11) is 0. The van der Waals surface area contributed by atoms with Crippen molar-refractivity contribution in [1.29, 1.82) is 0 Å². The molecule has 0 aliphatic heterocycles. The summed E-state index contributed by atoms with van der Waals surface area (Å²) >= 11 is 5.50. The first-order valence-electron chi connectivity index (χ1n) is 5.31. The molecule has 1 aromatic rings. The Balaban J connectivity index is 2.76. The van der Waals surface area contributed by atoms with Gasteiger partial charge in [0, 0.05) is 11.6 Å². The molecule has 0 heterocycles. The molecule has 0 aliphatic rings. The lowest BCUT2D eigenvalue weighted by atomic mass is 10.0. The van der Waals surface area contributed by atoms with Crippen LogP contribution in [0.3, 0.4) is 0 Å². The van der Waals surface area contributed by atoms with E-state index in [-0.39, 0.29) is 10.6 Å². The smallest absolute Gasteiger partial charge is 0.308 e. The molecule has 0 saturated heterocycles. The molecule has 6 heteroatoms. The first-order valence-corrected chi connectivity index (χ1v) is 5.69. The Morgan fingerprint density at radius 1 is 1.39 bits per heavy atom. The van der Waals surface area contributed by atoms with Gasteiger partial charge in [-0.1, -0.05) is 11.6 Å². The summed E-state index contributed by atoms with van der Waals surface area (Å²) in [6, 6.07) is 3.10. The predicted molar refractivity (Wildman–Crippen MR) is 65.1 cm³/mol. The van der Waals surface area contributed by atoms with E-state index in [1.807, 2.05) is 0 Å². The van der Waals surface area contributed by atoms with E-state index in [9.17, 15) is 14.0 Å². The molecular formula is C12H13ClFNO3. The predicted octanol–water partition coefficient (Wildman–Crippen LogP) is 2.32. The van der Waals surface area contributed by atoms with E-state index < -0.39 is 29.7 Å². The van der Waals surface area contributed by atoms with Crippen LogP contribution in [0.4, 0.5) is 4.39 Å². The summed E-state index contributed by atoms with van der Waals surface area (Å²) in [5.41, 5.74) is 0.0985. The number of carboxylic acid groups (broad SMARTS) is 1. The highest BCUT2D eigenvalue weighted by atomic mass is 35.5. The number of halogens is 2. The van der Waals surface area contributed by atoms with Gasteiger partial charge in [-0.25, -0.2) is 4.39 Å². The molecule has 4 nitrogen and oxygen atoms in total. The third-order valence-electron chi connectivity index (χ3n) is 2.68. The van der Waals surface area contributed by atoms with Crippen LogP contribution < -0.4 is 5.32 Å². The number of hydrogen-bond acceptors (Lipinski definition) is 2. The average molecular weight is 274 g/mol. The monoisotopic (exact) mass is 273 g/mol. The van der Waals surface area contributed by atoms with E-state index in [0.717, 1.165) is 6.07 Å². The van der Waals surface area contributed by atoms with Gasteiger partial charge in [0.15, 0.2) is 0 Å². The van der Waals surface area contributed by atoms with Crippen LogP contribution in [0.2, 0.25) is 5.02 Å². The third-order valence-corrected chi connectivity index (χ3v) is 2.99. The number of carbonyl (C=O) groups excluding carboxylic acids is 1. The van der Waals surface area contributed by atoms with Gasteiger partial charge in [-0.3, -0.25) is 9.59 Å². The Kier molecular flexibility index (Phi) is 4.67. The van der Waals surface area contributed by atoms with E-state index in [0.29, 0.717) is 0 Å². The van der Waals surface area contributed by atoms with Gasteiger partial charge in [0.25, 0.3) is 5.91 Å². The zero-order chi connectivity index (χ0) is 13.9. The van der Waals surface area contributed by atoms with Crippen LogP contribution in [0.15, 0.2) is 18.2 Å². The fraction of sp³-hybridized carbons (Fsp3) is 0.333. The van der Waals surface area contributed by atoms with E-state index >= 15 is 0 Å². The highest BCUT2D eigenvalue weighted by molar-refractivity contribution is 6.30. The number of nitrogens with one attached hydrogen (secondary N) is 1. The highest BCUT2D eigenvalue weighted by Crippen LogP contribution is 2.15. The third kappa shape index (κ3) is 3.43. The Hall–Kier alpha value is -1.62. The van der Waals surface area contributed by atoms with E-state index in [1.54, 1.807) is 6.92 Å². The lowest BCUT2D eigenvalue weighted by Crippen LogP contribution is -2.40. The molecular weight excluding hydrogens is 261 g/mol. The van der Waals surface area contributed by atoms with Crippen molar-refractivity contribution in [1.82, 2.24) is 5.32 Å². The summed E-state index contributed by atoms with van der Waals surface area (Å²) in [6.45, 7) is 3.05. The zero-order valence-corrected chi connectivity index (χ0v) is 10.7. The molecule has 2 atom stereocenters. The zero-order valence-electron chi connectivity index (χ0n) is 9.91. The van der Waals surface area contributed by atoms with Crippen molar-refractivity contribution >= 4 is 23.5 Å². The maximum Gasteiger partial charge on any atom is 0.308 e. The second-order valence-corrected chi connectivity index (χ2v) is 4.43. The van der Waals surface area contributed by atoms with Crippen molar-refractivity contribution < 1.29 is 19.1 Å². The molecule has 2 unspecified atom stereocenters. The molecule has 1 aromatic carbocycles. The first kappa shape index (κ1) is 14.4. The molecule has 0 fully saturated rings. The molecule has 1 rings (SSSR count). The normalized spacial score (nSPS) is 13.8. The SMILES string of the molecule is CC(NC(=O)c1ccc(Cl)c(F)c1)C(C)C(=O)O. The van der Waals surface area contributed by atoms with Crippen LogP contribution in [-0.4, -0.2) is 23.0 Å². The highest BCUT2D eigenvalue weighted by Gasteiger charge is 2.21. The summed E-state index contributed by atoms with van der Waals surface area (Å²) in [5.74, 6) is -2.97. The Bertz CT molecular complexity index is 478.